The molecule has 0 radical (unpaired) electrons. The molecular formula is C32H34N4O4. The van der Waals surface area contributed by atoms with Crippen LogP contribution in [0.3, 0.4) is 0 Å². The summed E-state index contributed by atoms with van der Waals surface area (Å²) in [7, 11) is 2.97. The smallest absolute Gasteiger partial charge is 0.337 e. The molecule has 0 spiro atoms. The maximum atomic E-state index is 13.6. The molecule has 2 amide bonds. The summed E-state index contributed by atoms with van der Waals surface area (Å²) in [5.74, 6) is -2.75. The van der Waals surface area contributed by atoms with Gasteiger partial charge in [-0.25, -0.2) is 4.79 Å². The number of methoxy groups -OCH3 is 1. The van der Waals surface area contributed by atoms with E-state index in [1.54, 1.807) is 35.2 Å². The highest BCUT2D eigenvalue weighted by atomic mass is 16.5. The molecule has 0 atom stereocenters. The molecule has 8 heteroatoms. The number of allylic oxidation sites excluding steroid dienone is 1. The number of fused-ring (bicyclic) bond motifs is 1. The third-order valence-corrected chi connectivity index (χ3v) is 6.79. The number of nitrogens with zero attached hydrogens (tertiary/aromatic N) is 3. The van der Waals surface area contributed by atoms with Gasteiger partial charge in [0.05, 0.1) is 34.4 Å². The van der Waals surface area contributed by atoms with Crippen LogP contribution in [-0.2, 0) is 20.7 Å². The van der Waals surface area contributed by atoms with E-state index < -0.39 is 84.7 Å². The summed E-state index contributed by atoms with van der Waals surface area (Å²) < 4.78 is 90.3. The SMILES string of the molecule is [2H]c1c([2H])c(N(C(=O)CN2CCN(C)CC2)C([2H])([2H])[2H])c([2H])c([2H])c1C/C(=C1\C(=O)Nc2c([2H])c(C(=O)OC)c([2H])c([2H])c21)c1ccccc1. The first-order valence-corrected chi connectivity index (χ1v) is 12.6. The molecule has 1 N–H and O–H groups in total. The Labute approximate surface area is 248 Å². The van der Waals surface area contributed by atoms with Gasteiger partial charge < -0.3 is 19.9 Å². The summed E-state index contributed by atoms with van der Waals surface area (Å²) >= 11 is 0. The van der Waals surface area contributed by atoms with Gasteiger partial charge in [0.15, 0.2) is 0 Å². The molecular weight excluding hydrogens is 504 g/mol. The summed E-state index contributed by atoms with van der Waals surface area (Å²) in [5, 5.41) is 2.50. The molecule has 8 nitrogen and oxygen atoms in total. The van der Waals surface area contributed by atoms with Crippen molar-refractivity contribution < 1.29 is 32.8 Å². The third kappa shape index (κ3) is 5.83. The van der Waals surface area contributed by atoms with Gasteiger partial charge in [-0.15, -0.1) is 0 Å². The van der Waals surface area contributed by atoms with E-state index in [0.29, 0.717) is 36.6 Å². The number of piperazine rings is 1. The fourth-order valence-electron chi connectivity index (χ4n) is 4.54. The van der Waals surface area contributed by atoms with E-state index in [4.69, 9.17) is 13.7 Å². The van der Waals surface area contributed by atoms with Crippen LogP contribution in [0.25, 0.3) is 11.1 Å². The van der Waals surface area contributed by atoms with E-state index in [1.807, 2.05) is 7.05 Å². The minimum absolute atomic E-state index is 0.118. The normalized spacial score (nSPS) is 20.6. The van der Waals surface area contributed by atoms with E-state index >= 15 is 0 Å². The predicted molar refractivity (Wildman–Crippen MR) is 157 cm³/mol. The Bertz CT molecular complexity index is 1900. The number of carbonyl (C=O) groups excluding carboxylic acids is 3. The van der Waals surface area contributed by atoms with Gasteiger partial charge in [-0.2, -0.15) is 0 Å². The lowest BCUT2D eigenvalue weighted by molar-refractivity contribution is -0.119. The Balaban J connectivity index is 1.68. The lowest BCUT2D eigenvalue weighted by Gasteiger charge is -2.32. The first-order chi connectivity index (χ1) is 23.5. The van der Waals surface area contributed by atoms with Gasteiger partial charge in [-0.3, -0.25) is 14.5 Å². The average molecular weight is 549 g/mol. The van der Waals surface area contributed by atoms with Gasteiger partial charge in [0.2, 0.25) is 5.91 Å². The van der Waals surface area contributed by atoms with Crippen LogP contribution in [0.2, 0.25) is 0 Å². The van der Waals surface area contributed by atoms with Crippen molar-refractivity contribution in [3.63, 3.8) is 0 Å². The number of carbonyl (C=O) groups is 3. The molecule has 0 saturated carbocycles. The van der Waals surface area contributed by atoms with Crippen molar-refractivity contribution in [2.45, 2.75) is 6.42 Å². The Hall–Kier alpha value is -4.27. The predicted octanol–water partition coefficient (Wildman–Crippen LogP) is 3.79. The summed E-state index contributed by atoms with van der Waals surface area (Å²) in [6, 6.07) is 3.63. The largest absolute Gasteiger partial charge is 0.465 e. The zero-order valence-corrected chi connectivity index (χ0v) is 22.1. The van der Waals surface area contributed by atoms with Crippen LogP contribution < -0.4 is 10.2 Å². The molecule has 206 valence electrons. The number of likely N-dealkylation sites (N-methyl/N-ethyl adjacent to an activating group) is 2. The molecule has 3 aromatic rings. The number of esters is 1. The fraction of sp³-hybridized carbons (Fsp3) is 0.281. The highest BCUT2D eigenvalue weighted by Gasteiger charge is 2.29. The van der Waals surface area contributed by atoms with Gasteiger partial charge in [-0.1, -0.05) is 48.5 Å². The number of anilines is 2. The van der Waals surface area contributed by atoms with Crippen LogP contribution in [0, 0.1) is 0 Å². The van der Waals surface area contributed by atoms with Crippen molar-refractivity contribution >= 4 is 40.3 Å². The number of rotatable bonds is 7. The molecule has 2 aliphatic rings. The highest BCUT2D eigenvalue weighted by molar-refractivity contribution is 6.37. The lowest BCUT2D eigenvalue weighted by atomic mass is 9.90. The van der Waals surface area contributed by atoms with Crippen LogP contribution in [0.15, 0.2) is 72.6 Å². The molecule has 0 aromatic heterocycles. The number of hydrogen-bond acceptors (Lipinski definition) is 6. The number of ether oxygens (including phenoxy) is 1. The molecule has 3 aromatic carbocycles. The Morgan fingerprint density at radius 1 is 1.02 bits per heavy atom. The third-order valence-electron chi connectivity index (χ3n) is 6.79. The zero-order chi connectivity index (χ0) is 36.8. The number of nitrogens with one attached hydrogen (secondary N) is 1. The van der Waals surface area contributed by atoms with Gasteiger partial charge in [0, 0.05) is 54.2 Å². The Morgan fingerprint density at radius 3 is 2.42 bits per heavy atom. The van der Waals surface area contributed by atoms with E-state index in [9.17, 15) is 14.4 Å². The average Bonchev–Trinajstić information content (AvgIpc) is 3.42. The Kier molecular flexibility index (Phi) is 5.17. The van der Waals surface area contributed by atoms with Crippen molar-refractivity contribution in [2.75, 3.05) is 64.1 Å². The molecule has 40 heavy (non-hydrogen) atoms. The molecule has 5 rings (SSSR count). The van der Waals surface area contributed by atoms with Gasteiger partial charge in [0.25, 0.3) is 5.91 Å². The number of amides is 2. The summed E-state index contributed by atoms with van der Waals surface area (Å²) in [6.07, 6.45) is -0.441. The second kappa shape index (κ2) is 11.9. The number of benzene rings is 3. The van der Waals surface area contributed by atoms with E-state index in [1.165, 1.54) is 0 Å². The molecule has 0 unspecified atom stereocenters. The van der Waals surface area contributed by atoms with Crippen LogP contribution in [0.4, 0.5) is 11.4 Å². The quantitative estimate of drug-likeness (QED) is 0.358. The highest BCUT2D eigenvalue weighted by Crippen LogP contribution is 2.39. The van der Waals surface area contributed by atoms with Crippen LogP contribution in [0.1, 0.15) is 40.8 Å². The van der Waals surface area contributed by atoms with E-state index in [0.717, 1.165) is 7.11 Å². The monoisotopic (exact) mass is 548 g/mol. The maximum Gasteiger partial charge on any atom is 0.337 e. The maximum absolute atomic E-state index is 13.6. The molecule has 2 aliphatic heterocycles. The van der Waals surface area contributed by atoms with Crippen LogP contribution >= 0.6 is 0 Å². The molecule has 1 fully saturated rings. The molecule has 2 heterocycles. The minimum Gasteiger partial charge on any atom is -0.465 e. The second-order valence-electron chi connectivity index (χ2n) is 9.48. The second-order valence-corrected chi connectivity index (χ2v) is 9.48. The van der Waals surface area contributed by atoms with E-state index in [2.05, 4.69) is 15.0 Å². The first kappa shape index (κ1) is 17.4. The van der Waals surface area contributed by atoms with Crippen LogP contribution in [-0.4, -0.2) is 81.4 Å². The van der Waals surface area contributed by atoms with Crippen LogP contribution in [0.5, 0.6) is 0 Å². The standard InChI is InChI=1S/C32H34N4O4/c1-34-15-17-36(18-16-34)21-29(37)35(2)25-12-9-22(10-13-25)19-27(23-7-5-4-6-8-23)30-26-14-11-24(32(39)40-3)20-28(26)33-31(30)38/h4-14,20H,15-19,21H2,1-3H3,(H,33,38)/b30-27+/i2D3,9D,10D,11D,12D,13D,14D,20D. The van der Waals surface area contributed by atoms with Crippen molar-refractivity contribution in [1.82, 2.24) is 9.80 Å². The van der Waals surface area contributed by atoms with Crippen molar-refractivity contribution in [1.29, 1.82) is 0 Å². The minimum atomic E-state index is -3.14. The topological polar surface area (TPSA) is 82.2 Å². The van der Waals surface area contributed by atoms with Gasteiger partial charge in [0.1, 0.15) is 0 Å². The Morgan fingerprint density at radius 2 is 1.75 bits per heavy atom. The fourth-order valence-corrected chi connectivity index (χ4v) is 4.54. The molecule has 0 bridgehead atoms. The number of hydrogen-bond donors (Lipinski definition) is 1. The van der Waals surface area contributed by atoms with Gasteiger partial charge in [-0.05, 0) is 54.3 Å². The summed E-state index contributed by atoms with van der Waals surface area (Å²) in [6.45, 7) is -1.17. The first-order valence-electron chi connectivity index (χ1n) is 17.6. The van der Waals surface area contributed by atoms with Crippen molar-refractivity contribution in [2.24, 2.45) is 0 Å². The van der Waals surface area contributed by atoms with Crippen molar-refractivity contribution in [3.05, 3.63) is 94.9 Å². The summed E-state index contributed by atoms with van der Waals surface area (Å²) in [4.78, 5) is 43.7. The zero-order valence-electron chi connectivity index (χ0n) is 32.1. The molecule has 0 aliphatic carbocycles. The lowest BCUT2D eigenvalue weighted by Crippen LogP contribution is -2.48. The summed E-state index contributed by atoms with van der Waals surface area (Å²) in [5.41, 5.74) is -1.50. The van der Waals surface area contributed by atoms with E-state index in [-0.39, 0.29) is 34.5 Å². The molecule has 1 saturated heterocycles. The van der Waals surface area contributed by atoms with Gasteiger partial charge >= 0.3 is 5.97 Å². The van der Waals surface area contributed by atoms with Crippen molar-refractivity contribution in [3.8, 4) is 0 Å².